The van der Waals surface area contributed by atoms with E-state index >= 15 is 0 Å². The molecule has 0 heterocycles. The third kappa shape index (κ3) is 2.32. The summed E-state index contributed by atoms with van der Waals surface area (Å²) in [5, 5.41) is 3.49. The molecule has 3 unspecified atom stereocenters. The van der Waals surface area contributed by atoms with Crippen LogP contribution in [-0.4, -0.2) is 25.3 Å². The molecule has 1 aliphatic carbocycles. The van der Waals surface area contributed by atoms with Crippen LogP contribution in [-0.2, 0) is 4.74 Å². The first-order valence-corrected chi connectivity index (χ1v) is 4.69. The lowest BCUT2D eigenvalue weighted by atomic mass is 10.2. The second-order valence-corrected chi connectivity index (χ2v) is 3.50. The highest BCUT2D eigenvalue weighted by molar-refractivity contribution is 4.90. The molecule has 1 aliphatic rings. The number of ether oxygens (including phenoxy) is 1. The van der Waals surface area contributed by atoms with Crippen molar-refractivity contribution in [3.63, 3.8) is 0 Å². The number of methoxy groups -OCH3 is 1. The molecule has 2 nitrogen and oxygen atoms in total. The van der Waals surface area contributed by atoms with Gasteiger partial charge in [0.05, 0.1) is 6.10 Å². The number of hydrogen-bond donors (Lipinski definition) is 1. The lowest BCUT2D eigenvalue weighted by Gasteiger charge is -2.22. The van der Waals surface area contributed by atoms with E-state index < -0.39 is 0 Å². The van der Waals surface area contributed by atoms with E-state index in [4.69, 9.17) is 4.74 Å². The topological polar surface area (TPSA) is 21.3 Å². The molecule has 1 rings (SSSR count). The molecule has 1 fully saturated rings. The average molecular weight is 169 g/mol. The Bertz CT molecular complexity index is 147. The van der Waals surface area contributed by atoms with Gasteiger partial charge in [-0.05, 0) is 26.2 Å². The van der Waals surface area contributed by atoms with E-state index in [1.54, 1.807) is 7.11 Å². The van der Waals surface area contributed by atoms with Crippen LogP contribution in [0.1, 0.15) is 26.2 Å². The van der Waals surface area contributed by atoms with Gasteiger partial charge in [0.2, 0.25) is 0 Å². The third-order valence-electron chi connectivity index (χ3n) is 2.59. The van der Waals surface area contributed by atoms with E-state index in [-0.39, 0.29) is 0 Å². The van der Waals surface area contributed by atoms with Crippen molar-refractivity contribution in [1.82, 2.24) is 5.32 Å². The van der Waals surface area contributed by atoms with Crippen LogP contribution in [0.5, 0.6) is 0 Å². The first-order chi connectivity index (χ1) is 5.77. The molecule has 0 aliphatic heterocycles. The molecule has 0 saturated heterocycles. The quantitative estimate of drug-likeness (QED) is 0.647. The van der Waals surface area contributed by atoms with Gasteiger partial charge >= 0.3 is 0 Å². The smallest absolute Gasteiger partial charge is 0.0724 e. The largest absolute Gasteiger partial charge is 0.380 e. The molecular formula is C10H19NO. The molecule has 2 heteroatoms. The zero-order valence-electron chi connectivity index (χ0n) is 8.05. The van der Waals surface area contributed by atoms with Gasteiger partial charge in [-0.2, -0.15) is 0 Å². The van der Waals surface area contributed by atoms with E-state index in [1.807, 2.05) is 6.08 Å². The molecule has 0 aromatic heterocycles. The maximum atomic E-state index is 5.37. The summed E-state index contributed by atoms with van der Waals surface area (Å²) in [7, 11) is 1.79. The zero-order chi connectivity index (χ0) is 8.97. The molecule has 0 radical (unpaired) electrons. The Morgan fingerprint density at radius 1 is 1.58 bits per heavy atom. The van der Waals surface area contributed by atoms with E-state index in [0.717, 1.165) is 0 Å². The summed E-state index contributed by atoms with van der Waals surface area (Å²) in [6.07, 6.45) is 6.05. The van der Waals surface area contributed by atoms with Gasteiger partial charge in [-0.3, -0.25) is 0 Å². The van der Waals surface area contributed by atoms with Crippen LogP contribution in [0.15, 0.2) is 12.7 Å². The molecule has 0 aromatic carbocycles. The van der Waals surface area contributed by atoms with Crippen molar-refractivity contribution in [1.29, 1.82) is 0 Å². The van der Waals surface area contributed by atoms with Gasteiger partial charge in [-0.1, -0.05) is 6.08 Å². The number of hydrogen-bond acceptors (Lipinski definition) is 2. The van der Waals surface area contributed by atoms with Crippen molar-refractivity contribution >= 4 is 0 Å². The molecule has 70 valence electrons. The highest BCUT2D eigenvalue weighted by Crippen LogP contribution is 2.21. The standard InChI is InChI=1S/C10H19NO/c1-4-8(2)11-9-6-5-7-10(9)12-3/h4,8-11H,1,5-7H2,2-3H3. The monoisotopic (exact) mass is 169 g/mol. The van der Waals surface area contributed by atoms with Crippen LogP contribution in [0, 0.1) is 0 Å². The molecule has 1 N–H and O–H groups in total. The van der Waals surface area contributed by atoms with Crippen LogP contribution in [0.3, 0.4) is 0 Å². The molecule has 0 spiro atoms. The van der Waals surface area contributed by atoms with Crippen molar-refractivity contribution in [2.75, 3.05) is 7.11 Å². The predicted molar refractivity (Wildman–Crippen MR) is 51.2 cm³/mol. The summed E-state index contributed by atoms with van der Waals surface area (Å²) in [6, 6.07) is 0.925. The normalized spacial score (nSPS) is 31.8. The predicted octanol–water partition coefficient (Wildman–Crippen LogP) is 1.72. The Kier molecular flexibility index (Phi) is 3.76. The Balaban J connectivity index is 2.34. The van der Waals surface area contributed by atoms with Crippen LogP contribution < -0.4 is 5.32 Å². The molecule has 1 saturated carbocycles. The van der Waals surface area contributed by atoms with Gasteiger partial charge in [0.15, 0.2) is 0 Å². The van der Waals surface area contributed by atoms with Gasteiger partial charge in [0, 0.05) is 19.2 Å². The fraction of sp³-hybridized carbons (Fsp3) is 0.800. The second-order valence-electron chi connectivity index (χ2n) is 3.50. The van der Waals surface area contributed by atoms with Crippen LogP contribution in [0.2, 0.25) is 0 Å². The van der Waals surface area contributed by atoms with Crippen molar-refractivity contribution in [2.45, 2.75) is 44.4 Å². The van der Waals surface area contributed by atoms with E-state index in [9.17, 15) is 0 Å². The lowest BCUT2D eigenvalue weighted by molar-refractivity contribution is 0.0837. The third-order valence-corrected chi connectivity index (χ3v) is 2.59. The summed E-state index contributed by atoms with van der Waals surface area (Å²) in [5.41, 5.74) is 0. The number of nitrogens with one attached hydrogen (secondary N) is 1. The highest BCUT2D eigenvalue weighted by atomic mass is 16.5. The van der Waals surface area contributed by atoms with E-state index in [0.29, 0.717) is 18.2 Å². The average Bonchev–Trinajstić information content (AvgIpc) is 2.51. The van der Waals surface area contributed by atoms with E-state index in [2.05, 4.69) is 18.8 Å². The molecule has 3 atom stereocenters. The van der Waals surface area contributed by atoms with Crippen LogP contribution in [0.4, 0.5) is 0 Å². The van der Waals surface area contributed by atoms with Gasteiger partial charge in [0.1, 0.15) is 0 Å². The van der Waals surface area contributed by atoms with Crippen LogP contribution >= 0.6 is 0 Å². The molecule has 0 aromatic rings. The highest BCUT2D eigenvalue weighted by Gasteiger charge is 2.27. The summed E-state index contributed by atoms with van der Waals surface area (Å²) in [6.45, 7) is 5.87. The minimum absolute atomic E-state index is 0.394. The zero-order valence-corrected chi connectivity index (χ0v) is 8.05. The Morgan fingerprint density at radius 2 is 2.33 bits per heavy atom. The summed E-state index contributed by atoms with van der Waals surface area (Å²) in [4.78, 5) is 0. The second kappa shape index (κ2) is 4.63. The summed E-state index contributed by atoms with van der Waals surface area (Å²) < 4.78 is 5.37. The summed E-state index contributed by atoms with van der Waals surface area (Å²) >= 11 is 0. The SMILES string of the molecule is C=CC(C)NC1CCCC1OC. The lowest BCUT2D eigenvalue weighted by Crippen LogP contribution is -2.41. The molecule has 0 amide bonds. The van der Waals surface area contributed by atoms with Crippen molar-refractivity contribution < 1.29 is 4.74 Å². The first kappa shape index (κ1) is 9.75. The minimum atomic E-state index is 0.394. The van der Waals surface area contributed by atoms with Gasteiger partial charge in [0.25, 0.3) is 0 Å². The van der Waals surface area contributed by atoms with Gasteiger partial charge in [-0.25, -0.2) is 0 Å². The van der Waals surface area contributed by atoms with Crippen molar-refractivity contribution in [3.05, 3.63) is 12.7 Å². The maximum absolute atomic E-state index is 5.37. The van der Waals surface area contributed by atoms with Gasteiger partial charge < -0.3 is 10.1 Å². The van der Waals surface area contributed by atoms with E-state index in [1.165, 1.54) is 19.3 Å². The summed E-state index contributed by atoms with van der Waals surface area (Å²) in [5.74, 6) is 0. The van der Waals surface area contributed by atoms with Gasteiger partial charge in [-0.15, -0.1) is 6.58 Å². The maximum Gasteiger partial charge on any atom is 0.0724 e. The van der Waals surface area contributed by atoms with Crippen molar-refractivity contribution in [3.8, 4) is 0 Å². The molecular weight excluding hydrogens is 150 g/mol. The molecule has 12 heavy (non-hydrogen) atoms. The van der Waals surface area contributed by atoms with Crippen LogP contribution in [0.25, 0.3) is 0 Å². The Hall–Kier alpha value is -0.340. The minimum Gasteiger partial charge on any atom is -0.380 e. The first-order valence-electron chi connectivity index (χ1n) is 4.69. The fourth-order valence-electron chi connectivity index (χ4n) is 1.80. The Labute approximate surface area is 75.0 Å². The van der Waals surface area contributed by atoms with Crippen molar-refractivity contribution in [2.24, 2.45) is 0 Å². The Morgan fingerprint density at radius 3 is 2.92 bits per heavy atom. The fourth-order valence-corrected chi connectivity index (χ4v) is 1.80. The number of rotatable bonds is 4. The molecule has 0 bridgehead atoms.